The molecule has 0 amide bonds. The van der Waals surface area contributed by atoms with E-state index in [4.69, 9.17) is 4.74 Å². The molecule has 0 aromatic carbocycles. The number of carbonyl (C=O) groups excluding carboxylic acids is 1. The third kappa shape index (κ3) is 4.93. The van der Waals surface area contributed by atoms with Gasteiger partial charge >= 0.3 is 5.97 Å². The van der Waals surface area contributed by atoms with E-state index in [0.29, 0.717) is 0 Å². The van der Waals surface area contributed by atoms with Gasteiger partial charge in [0.2, 0.25) is 0 Å². The van der Waals surface area contributed by atoms with Gasteiger partial charge in [-0.3, -0.25) is 4.79 Å². The van der Waals surface area contributed by atoms with Crippen LogP contribution in [0.5, 0.6) is 0 Å². The van der Waals surface area contributed by atoms with Crippen LogP contribution < -0.4 is 0 Å². The number of hydrogen-bond donors (Lipinski definition) is 0. The molecule has 1 aromatic heterocycles. The molecule has 0 fully saturated rings. The van der Waals surface area contributed by atoms with Gasteiger partial charge in [0.1, 0.15) is 10.2 Å². The Morgan fingerprint density at radius 2 is 2.13 bits per heavy atom. The largest absolute Gasteiger partial charge is 0.460 e. The maximum absolute atomic E-state index is 11.5. The number of nitrogens with zero attached hydrogens (tertiary/aromatic N) is 1. The van der Waals surface area contributed by atoms with Crippen molar-refractivity contribution in [2.24, 2.45) is 0 Å². The fraction of sp³-hybridized carbons (Fsp3) is 0.455. The molecule has 0 aliphatic heterocycles. The molecular formula is C11H14BrNO2. The van der Waals surface area contributed by atoms with E-state index in [1.165, 1.54) is 0 Å². The molecule has 15 heavy (non-hydrogen) atoms. The number of ether oxygens (including phenoxy) is 1. The summed E-state index contributed by atoms with van der Waals surface area (Å²) < 4.78 is 5.95. The summed E-state index contributed by atoms with van der Waals surface area (Å²) in [6, 6.07) is 3.65. The molecule has 0 spiro atoms. The van der Waals surface area contributed by atoms with Crippen LogP contribution in [0.25, 0.3) is 0 Å². The smallest absolute Gasteiger partial charge is 0.310 e. The summed E-state index contributed by atoms with van der Waals surface area (Å²) in [6.45, 7) is 5.56. The molecule has 4 heteroatoms. The average Bonchev–Trinajstić information content (AvgIpc) is 2.05. The third-order valence-corrected chi connectivity index (χ3v) is 2.03. The van der Waals surface area contributed by atoms with Gasteiger partial charge < -0.3 is 4.74 Å². The van der Waals surface area contributed by atoms with E-state index in [9.17, 15) is 4.79 Å². The van der Waals surface area contributed by atoms with Crippen molar-refractivity contribution in [3.8, 4) is 0 Å². The molecule has 0 aliphatic rings. The normalized spacial score (nSPS) is 11.2. The van der Waals surface area contributed by atoms with Gasteiger partial charge in [-0.25, -0.2) is 4.98 Å². The van der Waals surface area contributed by atoms with Crippen molar-refractivity contribution in [3.63, 3.8) is 0 Å². The fourth-order valence-electron chi connectivity index (χ4n) is 1.06. The standard InChI is InChI=1S/C11H14BrNO2/c1-11(2,3)15-10(14)6-8-4-5-9(12)13-7-8/h4-5,7H,6H2,1-3H3. The summed E-state index contributed by atoms with van der Waals surface area (Å²) in [5, 5.41) is 0. The van der Waals surface area contributed by atoms with Crippen LogP contribution in [0.4, 0.5) is 0 Å². The lowest BCUT2D eigenvalue weighted by Gasteiger charge is -2.19. The molecule has 0 aliphatic carbocycles. The van der Waals surface area contributed by atoms with Crippen molar-refractivity contribution in [2.75, 3.05) is 0 Å². The monoisotopic (exact) mass is 271 g/mol. The van der Waals surface area contributed by atoms with E-state index in [0.717, 1.165) is 10.2 Å². The van der Waals surface area contributed by atoms with Gasteiger partial charge in [-0.05, 0) is 48.3 Å². The summed E-state index contributed by atoms with van der Waals surface area (Å²) in [7, 11) is 0. The highest BCUT2D eigenvalue weighted by Gasteiger charge is 2.16. The number of esters is 1. The quantitative estimate of drug-likeness (QED) is 0.613. The minimum Gasteiger partial charge on any atom is -0.460 e. The van der Waals surface area contributed by atoms with E-state index in [2.05, 4.69) is 20.9 Å². The number of pyridine rings is 1. The first-order chi connectivity index (χ1) is 6.87. The molecule has 0 bridgehead atoms. The fourth-order valence-corrected chi connectivity index (χ4v) is 1.29. The van der Waals surface area contributed by atoms with Crippen molar-refractivity contribution in [1.29, 1.82) is 0 Å². The predicted molar refractivity (Wildman–Crippen MR) is 61.5 cm³/mol. The van der Waals surface area contributed by atoms with Crippen LogP contribution in [0, 0.1) is 0 Å². The van der Waals surface area contributed by atoms with Crippen LogP contribution in [-0.2, 0) is 16.0 Å². The highest BCUT2D eigenvalue weighted by molar-refractivity contribution is 9.10. The molecular weight excluding hydrogens is 258 g/mol. The Kier molecular flexibility index (Phi) is 3.85. The molecule has 1 aromatic rings. The lowest BCUT2D eigenvalue weighted by molar-refractivity contribution is -0.153. The van der Waals surface area contributed by atoms with E-state index >= 15 is 0 Å². The second kappa shape index (κ2) is 4.75. The Morgan fingerprint density at radius 3 is 2.60 bits per heavy atom. The van der Waals surface area contributed by atoms with Crippen LogP contribution in [0.2, 0.25) is 0 Å². The van der Waals surface area contributed by atoms with E-state index < -0.39 is 5.60 Å². The summed E-state index contributed by atoms with van der Waals surface area (Å²) in [6.07, 6.45) is 1.92. The second-order valence-corrected chi connectivity index (χ2v) is 5.06. The van der Waals surface area contributed by atoms with Crippen LogP contribution in [-0.4, -0.2) is 16.6 Å². The molecule has 0 saturated heterocycles. The molecule has 0 radical (unpaired) electrons. The average molecular weight is 272 g/mol. The Hall–Kier alpha value is -0.900. The van der Waals surface area contributed by atoms with Crippen LogP contribution in [0.1, 0.15) is 26.3 Å². The second-order valence-electron chi connectivity index (χ2n) is 4.25. The number of halogens is 1. The van der Waals surface area contributed by atoms with Crippen molar-refractivity contribution >= 4 is 21.9 Å². The van der Waals surface area contributed by atoms with E-state index in [1.54, 1.807) is 12.3 Å². The number of aromatic nitrogens is 1. The first kappa shape index (κ1) is 12.2. The van der Waals surface area contributed by atoms with Crippen molar-refractivity contribution < 1.29 is 9.53 Å². The first-order valence-electron chi connectivity index (χ1n) is 4.69. The van der Waals surface area contributed by atoms with Crippen molar-refractivity contribution in [3.05, 3.63) is 28.5 Å². The first-order valence-corrected chi connectivity index (χ1v) is 5.48. The maximum Gasteiger partial charge on any atom is 0.310 e. The minimum atomic E-state index is -0.431. The zero-order valence-corrected chi connectivity index (χ0v) is 10.7. The molecule has 82 valence electrons. The minimum absolute atomic E-state index is 0.230. The molecule has 0 atom stereocenters. The topological polar surface area (TPSA) is 39.2 Å². The molecule has 0 unspecified atom stereocenters. The summed E-state index contributed by atoms with van der Waals surface area (Å²) >= 11 is 3.23. The highest BCUT2D eigenvalue weighted by atomic mass is 79.9. The predicted octanol–water partition coefficient (Wildman–Crippen LogP) is 2.73. The molecule has 3 nitrogen and oxygen atoms in total. The highest BCUT2D eigenvalue weighted by Crippen LogP contribution is 2.11. The van der Waals surface area contributed by atoms with Crippen molar-refractivity contribution in [2.45, 2.75) is 32.8 Å². The third-order valence-electron chi connectivity index (χ3n) is 1.56. The van der Waals surface area contributed by atoms with Crippen LogP contribution in [0.15, 0.2) is 22.9 Å². The Balaban J connectivity index is 2.55. The van der Waals surface area contributed by atoms with Gasteiger partial charge in [0.15, 0.2) is 0 Å². The Bertz CT molecular complexity index is 341. The summed E-state index contributed by atoms with van der Waals surface area (Å²) in [4.78, 5) is 15.5. The molecule has 1 rings (SSSR count). The molecule has 1 heterocycles. The Morgan fingerprint density at radius 1 is 1.47 bits per heavy atom. The maximum atomic E-state index is 11.5. The summed E-state index contributed by atoms with van der Waals surface area (Å²) in [5.41, 5.74) is 0.423. The lowest BCUT2D eigenvalue weighted by atomic mass is 10.2. The molecule has 0 N–H and O–H groups in total. The van der Waals surface area contributed by atoms with Gasteiger partial charge in [-0.2, -0.15) is 0 Å². The van der Waals surface area contributed by atoms with E-state index in [-0.39, 0.29) is 12.4 Å². The zero-order chi connectivity index (χ0) is 11.5. The summed E-state index contributed by atoms with van der Waals surface area (Å²) in [5.74, 6) is -0.230. The SMILES string of the molecule is CC(C)(C)OC(=O)Cc1ccc(Br)nc1. The van der Waals surface area contributed by atoms with Gasteiger partial charge in [-0.15, -0.1) is 0 Å². The van der Waals surface area contributed by atoms with Gasteiger partial charge in [-0.1, -0.05) is 6.07 Å². The van der Waals surface area contributed by atoms with Gasteiger partial charge in [0, 0.05) is 6.20 Å². The molecule has 0 saturated carbocycles. The number of rotatable bonds is 2. The Labute approximate surface area is 98.0 Å². The van der Waals surface area contributed by atoms with Gasteiger partial charge in [0.25, 0.3) is 0 Å². The van der Waals surface area contributed by atoms with Crippen LogP contribution in [0.3, 0.4) is 0 Å². The zero-order valence-electron chi connectivity index (χ0n) is 9.08. The van der Waals surface area contributed by atoms with Gasteiger partial charge in [0.05, 0.1) is 6.42 Å². The van der Waals surface area contributed by atoms with Crippen molar-refractivity contribution in [1.82, 2.24) is 4.98 Å². The number of hydrogen-bond acceptors (Lipinski definition) is 3. The van der Waals surface area contributed by atoms with E-state index in [1.807, 2.05) is 26.8 Å². The number of carbonyl (C=O) groups is 1. The lowest BCUT2D eigenvalue weighted by Crippen LogP contribution is -2.24. The van der Waals surface area contributed by atoms with Crippen LogP contribution >= 0.6 is 15.9 Å².